The molecule has 2 aromatic carbocycles. The summed E-state index contributed by atoms with van der Waals surface area (Å²) in [7, 11) is 1.76. The molecule has 2 amide bonds. The summed E-state index contributed by atoms with van der Waals surface area (Å²) in [5.74, 6) is 0.675. The molecule has 6 nitrogen and oxygen atoms in total. The predicted octanol–water partition coefficient (Wildman–Crippen LogP) is 4.68. The third kappa shape index (κ3) is 6.22. The van der Waals surface area contributed by atoms with Gasteiger partial charge in [-0.2, -0.15) is 0 Å². The minimum Gasteiger partial charge on any atom is -0.492 e. The zero-order valence-corrected chi connectivity index (χ0v) is 18.4. The van der Waals surface area contributed by atoms with Crippen molar-refractivity contribution in [2.45, 2.75) is 13.3 Å². The minimum absolute atomic E-state index is 0.000252. The van der Waals surface area contributed by atoms with Crippen molar-refractivity contribution in [3.63, 3.8) is 0 Å². The van der Waals surface area contributed by atoms with Crippen molar-refractivity contribution in [2.75, 3.05) is 25.5 Å². The smallest absolute Gasteiger partial charge is 0.291 e. The number of anilines is 1. The number of nitrogens with one attached hydrogen (secondary N) is 1. The first-order valence-electron chi connectivity index (χ1n) is 9.50. The van der Waals surface area contributed by atoms with Crippen LogP contribution in [0, 0.1) is 6.92 Å². The van der Waals surface area contributed by atoms with E-state index in [1.807, 2.05) is 43.3 Å². The molecule has 0 saturated heterocycles. The van der Waals surface area contributed by atoms with E-state index in [-0.39, 0.29) is 24.0 Å². The summed E-state index contributed by atoms with van der Waals surface area (Å²) in [4.78, 5) is 26.2. The van der Waals surface area contributed by atoms with Crippen LogP contribution in [0.15, 0.2) is 69.8 Å². The van der Waals surface area contributed by atoms with Crippen molar-refractivity contribution in [2.24, 2.45) is 0 Å². The van der Waals surface area contributed by atoms with Crippen LogP contribution in [0.5, 0.6) is 5.75 Å². The lowest BCUT2D eigenvalue weighted by molar-refractivity contribution is -0.129. The molecule has 0 spiro atoms. The summed E-state index contributed by atoms with van der Waals surface area (Å²) >= 11 is 3.17. The van der Waals surface area contributed by atoms with Gasteiger partial charge in [0.15, 0.2) is 10.4 Å². The van der Waals surface area contributed by atoms with Gasteiger partial charge in [-0.1, -0.05) is 29.8 Å². The van der Waals surface area contributed by atoms with Crippen molar-refractivity contribution in [3.05, 3.63) is 82.2 Å². The molecule has 0 bridgehead atoms. The maximum absolute atomic E-state index is 12.4. The highest BCUT2D eigenvalue weighted by Gasteiger charge is 2.12. The van der Waals surface area contributed by atoms with Crippen LogP contribution in [0.25, 0.3) is 0 Å². The molecular weight excluding hydrogens is 448 g/mol. The zero-order valence-electron chi connectivity index (χ0n) is 16.9. The lowest BCUT2D eigenvalue weighted by Gasteiger charge is -2.17. The Morgan fingerprint density at radius 3 is 2.37 bits per heavy atom. The van der Waals surface area contributed by atoms with Gasteiger partial charge in [0.1, 0.15) is 12.4 Å². The fourth-order valence-corrected chi connectivity index (χ4v) is 3.01. The topological polar surface area (TPSA) is 71.8 Å². The molecule has 0 aliphatic rings. The predicted molar refractivity (Wildman–Crippen MR) is 119 cm³/mol. The summed E-state index contributed by atoms with van der Waals surface area (Å²) in [6, 6.07) is 18.2. The van der Waals surface area contributed by atoms with Crippen molar-refractivity contribution in [3.8, 4) is 5.75 Å². The molecule has 3 rings (SSSR count). The third-order valence-corrected chi connectivity index (χ3v) is 4.93. The number of hydrogen-bond donors (Lipinski definition) is 1. The summed E-state index contributed by atoms with van der Waals surface area (Å²) in [5.41, 5.74) is 2.67. The molecule has 0 fully saturated rings. The van der Waals surface area contributed by atoms with Crippen molar-refractivity contribution in [1.29, 1.82) is 0 Å². The number of amides is 2. The van der Waals surface area contributed by atoms with Gasteiger partial charge in [-0.3, -0.25) is 9.59 Å². The van der Waals surface area contributed by atoms with Crippen molar-refractivity contribution in [1.82, 2.24) is 4.90 Å². The summed E-state index contributed by atoms with van der Waals surface area (Å²) in [6.45, 7) is 2.95. The van der Waals surface area contributed by atoms with E-state index in [2.05, 4.69) is 21.2 Å². The number of ether oxygens (including phenoxy) is 1. The lowest BCUT2D eigenvalue weighted by Crippen LogP contribution is -2.32. The van der Waals surface area contributed by atoms with Gasteiger partial charge in [0, 0.05) is 12.7 Å². The van der Waals surface area contributed by atoms with Gasteiger partial charge in [-0.15, -0.1) is 0 Å². The van der Waals surface area contributed by atoms with Gasteiger partial charge < -0.3 is 19.4 Å². The highest BCUT2D eigenvalue weighted by Crippen LogP contribution is 2.17. The summed E-state index contributed by atoms with van der Waals surface area (Å²) in [5, 5.41) is 2.76. The number of hydrogen-bond acceptors (Lipinski definition) is 4. The Hall–Kier alpha value is -3.06. The normalized spacial score (nSPS) is 10.5. The number of aryl methyl sites for hydroxylation is 1. The van der Waals surface area contributed by atoms with Gasteiger partial charge >= 0.3 is 0 Å². The van der Waals surface area contributed by atoms with Crippen LogP contribution in [0.2, 0.25) is 0 Å². The number of nitrogens with zero attached hydrogens (tertiary/aromatic N) is 1. The van der Waals surface area contributed by atoms with Crippen LogP contribution in [0.4, 0.5) is 5.69 Å². The van der Waals surface area contributed by atoms with Gasteiger partial charge in [0.05, 0.1) is 13.0 Å². The van der Waals surface area contributed by atoms with Gasteiger partial charge in [-0.05, 0) is 64.8 Å². The third-order valence-electron chi connectivity index (χ3n) is 4.51. The largest absolute Gasteiger partial charge is 0.492 e. The van der Waals surface area contributed by atoms with E-state index < -0.39 is 0 Å². The number of halogens is 1. The van der Waals surface area contributed by atoms with Crippen LogP contribution in [0.3, 0.4) is 0 Å². The van der Waals surface area contributed by atoms with E-state index >= 15 is 0 Å². The van der Waals surface area contributed by atoms with Gasteiger partial charge in [0.2, 0.25) is 5.91 Å². The average Bonchev–Trinajstić information content (AvgIpc) is 3.17. The second kappa shape index (κ2) is 10.1. The molecule has 30 heavy (non-hydrogen) atoms. The highest BCUT2D eigenvalue weighted by atomic mass is 79.9. The number of carbonyl (C=O) groups is 2. The number of rotatable bonds is 8. The molecule has 1 N–H and O–H groups in total. The number of benzene rings is 2. The van der Waals surface area contributed by atoms with E-state index in [1.165, 1.54) is 5.56 Å². The first-order valence-corrected chi connectivity index (χ1v) is 10.3. The highest BCUT2D eigenvalue weighted by molar-refractivity contribution is 9.10. The number of carbonyl (C=O) groups excluding carboxylic acids is 2. The van der Waals surface area contributed by atoms with Crippen LogP contribution < -0.4 is 10.1 Å². The molecule has 0 radical (unpaired) electrons. The van der Waals surface area contributed by atoms with E-state index in [9.17, 15) is 9.59 Å². The fraction of sp³-hybridized carbons (Fsp3) is 0.217. The summed E-state index contributed by atoms with van der Waals surface area (Å²) < 4.78 is 11.4. The molecular formula is C23H23BrN2O4. The van der Waals surface area contributed by atoms with E-state index in [4.69, 9.17) is 9.15 Å². The standard InChI is InChI=1S/C23H23BrN2O4/c1-16-3-9-19(10-4-16)29-14-13-26(2)22(27)15-17-5-7-18(8-6-17)25-23(28)20-11-12-21(24)30-20/h3-12H,13-15H2,1-2H3,(H,25,28). The Kier molecular flexibility index (Phi) is 7.30. The Labute approximate surface area is 184 Å². The second-order valence-corrected chi connectivity index (χ2v) is 7.69. The van der Waals surface area contributed by atoms with E-state index in [0.29, 0.717) is 23.5 Å². The Bertz CT molecular complexity index is 997. The molecule has 1 heterocycles. The molecule has 0 atom stereocenters. The van der Waals surface area contributed by atoms with E-state index in [0.717, 1.165) is 11.3 Å². The Morgan fingerprint density at radius 2 is 1.73 bits per heavy atom. The average molecular weight is 471 g/mol. The minimum atomic E-state index is -0.335. The van der Waals surface area contributed by atoms with Crippen LogP contribution in [-0.2, 0) is 11.2 Å². The molecule has 0 aliphatic carbocycles. The van der Waals surface area contributed by atoms with Crippen LogP contribution in [-0.4, -0.2) is 36.9 Å². The summed E-state index contributed by atoms with van der Waals surface area (Å²) in [6.07, 6.45) is 0.278. The zero-order chi connectivity index (χ0) is 21.5. The molecule has 1 aromatic heterocycles. The van der Waals surface area contributed by atoms with Crippen molar-refractivity contribution >= 4 is 33.4 Å². The van der Waals surface area contributed by atoms with Gasteiger partial charge in [-0.25, -0.2) is 0 Å². The van der Waals surface area contributed by atoms with E-state index in [1.54, 1.807) is 36.2 Å². The quantitative estimate of drug-likeness (QED) is 0.518. The fourth-order valence-electron chi connectivity index (χ4n) is 2.70. The second-order valence-electron chi connectivity index (χ2n) is 6.91. The number of furan rings is 1. The van der Waals surface area contributed by atoms with Gasteiger partial charge in [0.25, 0.3) is 5.91 Å². The first kappa shape index (κ1) is 21.6. The molecule has 0 saturated carbocycles. The maximum Gasteiger partial charge on any atom is 0.291 e. The maximum atomic E-state index is 12.4. The SMILES string of the molecule is Cc1ccc(OCCN(C)C(=O)Cc2ccc(NC(=O)c3ccc(Br)o3)cc2)cc1. The first-order chi connectivity index (χ1) is 14.4. The van der Waals surface area contributed by atoms with Crippen molar-refractivity contribution < 1.29 is 18.7 Å². The molecule has 3 aromatic rings. The Morgan fingerprint density at radius 1 is 1.03 bits per heavy atom. The molecule has 0 unspecified atom stereocenters. The molecule has 7 heteroatoms. The van der Waals surface area contributed by atoms with Crippen LogP contribution >= 0.6 is 15.9 Å². The molecule has 0 aliphatic heterocycles. The number of likely N-dealkylation sites (N-methyl/N-ethyl adjacent to an activating group) is 1. The Balaban J connectivity index is 1.45. The monoisotopic (exact) mass is 470 g/mol. The van der Waals surface area contributed by atoms with Crippen LogP contribution in [0.1, 0.15) is 21.7 Å². The lowest BCUT2D eigenvalue weighted by atomic mass is 10.1. The molecule has 156 valence electrons.